The normalized spacial score (nSPS) is 20.2. The highest BCUT2D eigenvalue weighted by Gasteiger charge is 2.34. The molecule has 1 aromatic carbocycles. The van der Waals surface area contributed by atoms with Crippen molar-refractivity contribution in [2.45, 2.75) is 25.2 Å². The average molecular weight is 313 g/mol. The Kier molecular flexibility index (Phi) is 4.38. The first kappa shape index (κ1) is 15.3. The molecule has 20 heavy (non-hydrogen) atoms. The fourth-order valence-electron chi connectivity index (χ4n) is 2.44. The maximum Gasteiger partial charge on any atom is 0.244 e. The molecule has 0 radical (unpaired) electrons. The zero-order valence-electron chi connectivity index (χ0n) is 11.5. The molecule has 0 aromatic heterocycles. The second-order valence-electron chi connectivity index (χ2n) is 5.41. The van der Waals surface area contributed by atoms with Crippen LogP contribution in [0.1, 0.15) is 25.8 Å². The summed E-state index contributed by atoms with van der Waals surface area (Å²) in [6, 6.07) is 6.23. The van der Waals surface area contributed by atoms with Gasteiger partial charge in [-0.3, -0.25) is 0 Å². The first-order valence-electron chi connectivity index (χ1n) is 6.56. The molecule has 2 rings (SSSR count). The highest BCUT2D eigenvalue weighted by Crippen LogP contribution is 2.31. The molecule has 0 bridgehead atoms. The van der Waals surface area contributed by atoms with Gasteiger partial charge in [-0.1, -0.05) is 25.4 Å². The van der Waals surface area contributed by atoms with Gasteiger partial charge in [0, 0.05) is 13.1 Å². The largest absolute Gasteiger partial charge is 0.244 e. The third-order valence-corrected chi connectivity index (χ3v) is 6.16. The van der Waals surface area contributed by atoms with Gasteiger partial charge in [0.1, 0.15) is 4.90 Å². The molecule has 1 unspecified atom stereocenters. The molecule has 0 spiro atoms. The summed E-state index contributed by atoms with van der Waals surface area (Å²) in [5.74, 6) is 0.855. The second kappa shape index (κ2) is 5.72. The fraction of sp³-hybridized carbons (Fsp3) is 0.500. The number of sulfonamides is 1. The van der Waals surface area contributed by atoms with Crippen molar-refractivity contribution in [2.75, 3.05) is 13.1 Å². The molecule has 1 fully saturated rings. The van der Waals surface area contributed by atoms with E-state index in [0.29, 0.717) is 30.5 Å². The Hall–Kier alpha value is -1.09. The summed E-state index contributed by atoms with van der Waals surface area (Å²) < 4.78 is 26.7. The number of benzene rings is 1. The van der Waals surface area contributed by atoms with Crippen LogP contribution in [0.3, 0.4) is 0 Å². The van der Waals surface area contributed by atoms with Crippen LogP contribution in [0.15, 0.2) is 23.1 Å². The molecular formula is C14H17ClN2O2S. The summed E-state index contributed by atoms with van der Waals surface area (Å²) in [7, 11) is -3.57. The quantitative estimate of drug-likeness (QED) is 0.862. The van der Waals surface area contributed by atoms with E-state index < -0.39 is 10.0 Å². The zero-order valence-corrected chi connectivity index (χ0v) is 13.1. The lowest BCUT2D eigenvalue weighted by atomic mass is 9.96. The molecule has 0 aliphatic carbocycles. The van der Waals surface area contributed by atoms with Crippen LogP contribution in [0.25, 0.3) is 0 Å². The molecule has 1 saturated heterocycles. The Balaban J connectivity index is 2.30. The van der Waals surface area contributed by atoms with Crippen molar-refractivity contribution in [3.05, 3.63) is 28.8 Å². The lowest BCUT2D eigenvalue weighted by molar-refractivity contribution is 0.388. The van der Waals surface area contributed by atoms with Crippen molar-refractivity contribution >= 4 is 21.6 Å². The number of halogens is 1. The maximum absolute atomic E-state index is 12.6. The summed E-state index contributed by atoms with van der Waals surface area (Å²) in [5.41, 5.74) is 0.357. The third-order valence-electron chi connectivity index (χ3n) is 3.81. The summed E-state index contributed by atoms with van der Waals surface area (Å²) in [5, 5.41) is 8.90. The van der Waals surface area contributed by atoms with E-state index in [9.17, 15) is 8.42 Å². The van der Waals surface area contributed by atoms with Gasteiger partial charge in [-0.05, 0) is 36.5 Å². The molecule has 0 saturated carbocycles. The van der Waals surface area contributed by atoms with Gasteiger partial charge in [-0.25, -0.2) is 8.42 Å². The molecule has 4 nitrogen and oxygen atoms in total. The monoisotopic (exact) mass is 312 g/mol. The molecule has 108 valence electrons. The zero-order chi connectivity index (χ0) is 14.9. The van der Waals surface area contributed by atoms with Crippen LogP contribution in [0.5, 0.6) is 0 Å². The Morgan fingerprint density at radius 1 is 1.45 bits per heavy atom. The summed E-state index contributed by atoms with van der Waals surface area (Å²) in [4.78, 5) is 0.0857. The van der Waals surface area contributed by atoms with E-state index in [-0.39, 0.29) is 9.92 Å². The van der Waals surface area contributed by atoms with Crippen molar-refractivity contribution in [1.82, 2.24) is 4.31 Å². The molecule has 1 heterocycles. The first-order valence-corrected chi connectivity index (χ1v) is 8.38. The summed E-state index contributed by atoms with van der Waals surface area (Å²) >= 11 is 6.01. The van der Waals surface area contributed by atoms with Crippen LogP contribution in [-0.2, 0) is 10.0 Å². The van der Waals surface area contributed by atoms with Crippen LogP contribution < -0.4 is 0 Å². The van der Waals surface area contributed by atoms with Crippen molar-refractivity contribution in [3.63, 3.8) is 0 Å². The minimum atomic E-state index is -3.57. The molecule has 1 aliphatic rings. The van der Waals surface area contributed by atoms with Gasteiger partial charge < -0.3 is 0 Å². The SMILES string of the molecule is CC(C)C1CCN(S(=O)(=O)c2ccc(C#N)cc2Cl)C1. The van der Waals surface area contributed by atoms with Crippen LogP contribution in [0, 0.1) is 23.2 Å². The van der Waals surface area contributed by atoms with E-state index in [1.54, 1.807) is 0 Å². The van der Waals surface area contributed by atoms with E-state index in [4.69, 9.17) is 16.9 Å². The summed E-state index contributed by atoms with van der Waals surface area (Å²) in [6.07, 6.45) is 0.880. The Morgan fingerprint density at radius 3 is 2.65 bits per heavy atom. The van der Waals surface area contributed by atoms with Crippen molar-refractivity contribution in [1.29, 1.82) is 5.26 Å². The number of nitriles is 1. The van der Waals surface area contributed by atoms with E-state index >= 15 is 0 Å². The number of hydrogen-bond donors (Lipinski definition) is 0. The number of hydrogen-bond acceptors (Lipinski definition) is 3. The molecule has 6 heteroatoms. The molecule has 1 atom stereocenters. The minimum absolute atomic E-state index is 0.0857. The maximum atomic E-state index is 12.6. The van der Waals surface area contributed by atoms with Crippen molar-refractivity contribution in [3.8, 4) is 6.07 Å². The van der Waals surface area contributed by atoms with Crippen LogP contribution >= 0.6 is 11.6 Å². The third kappa shape index (κ3) is 2.83. The lowest BCUT2D eigenvalue weighted by Crippen LogP contribution is -2.29. The first-order chi connectivity index (χ1) is 9.36. The minimum Gasteiger partial charge on any atom is -0.207 e. The summed E-state index contributed by atoms with van der Waals surface area (Å²) in [6.45, 7) is 5.28. The molecule has 0 amide bonds. The predicted molar refractivity (Wildman–Crippen MR) is 77.9 cm³/mol. The number of nitrogens with zero attached hydrogens (tertiary/aromatic N) is 2. The van der Waals surface area contributed by atoms with Crippen molar-refractivity contribution < 1.29 is 8.42 Å². The van der Waals surface area contributed by atoms with E-state index in [2.05, 4.69) is 13.8 Å². The average Bonchev–Trinajstić information content (AvgIpc) is 2.88. The van der Waals surface area contributed by atoms with Gasteiger partial charge in [-0.15, -0.1) is 0 Å². The van der Waals surface area contributed by atoms with E-state index in [0.717, 1.165) is 6.42 Å². The topological polar surface area (TPSA) is 61.2 Å². The van der Waals surface area contributed by atoms with Crippen LogP contribution in [0.2, 0.25) is 5.02 Å². The fourth-order valence-corrected chi connectivity index (χ4v) is 4.47. The van der Waals surface area contributed by atoms with E-state index in [1.165, 1.54) is 22.5 Å². The molecule has 1 aliphatic heterocycles. The molecular weight excluding hydrogens is 296 g/mol. The molecule has 0 N–H and O–H groups in total. The Morgan fingerprint density at radius 2 is 2.15 bits per heavy atom. The van der Waals surface area contributed by atoms with Gasteiger partial charge in [0.25, 0.3) is 0 Å². The predicted octanol–water partition coefficient (Wildman–Crippen LogP) is 2.88. The molecule has 1 aromatic rings. The van der Waals surface area contributed by atoms with Gasteiger partial charge in [0.2, 0.25) is 10.0 Å². The van der Waals surface area contributed by atoms with Crippen LogP contribution in [0.4, 0.5) is 0 Å². The standard InChI is InChI=1S/C14H17ClN2O2S/c1-10(2)12-5-6-17(9-12)20(18,19)14-4-3-11(8-16)7-13(14)15/h3-4,7,10,12H,5-6,9H2,1-2H3. The Bertz CT molecular complexity index is 650. The van der Waals surface area contributed by atoms with Crippen LogP contribution in [-0.4, -0.2) is 25.8 Å². The highest BCUT2D eigenvalue weighted by atomic mass is 35.5. The highest BCUT2D eigenvalue weighted by molar-refractivity contribution is 7.89. The van der Waals surface area contributed by atoms with Gasteiger partial charge in [0.15, 0.2) is 0 Å². The van der Waals surface area contributed by atoms with Gasteiger partial charge in [-0.2, -0.15) is 9.57 Å². The van der Waals surface area contributed by atoms with E-state index in [1.807, 2.05) is 6.07 Å². The second-order valence-corrected chi connectivity index (χ2v) is 7.73. The lowest BCUT2D eigenvalue weighted by Gasteiger charge is -2.18. The number of rotatable bonds is 3. The van der Waals surface area contributed by atoms with Crippen molar-refractivity contribution in [2.24, 2.45) is 11.8 Å². The smallest absolute Gasteiger partial charge is 0.207 e. The van der Waals surface area contributed by atoms with Gasteiger partial charge in [0.05, 0.1) is 16.7 Å². The Labute approximate surface area is 125 Å². The van der Waals surface area contributed by atoms with Gasteiger partial charge >= 0.3 is 0 Å².